The highest BCUT2D eigenvalue weighted by Crippen LogP contribution is 2.18. The van der Waals surface area contributed by atoms with E-state index in [1.807, 2.05) is 12.1 Å². The van der Waals surface area contributed by atoms with Crippen LogP contribution in [0.15, 0.2) is 24.3 Å². The number of carbonyl (C=O) groups excluding carboxylic acids is 1. The molecule has 1 heterocycles. The van der Waals surface area contributed by atoms with Gasteiger partial charge in [0.15, 0.2) is 0 Å². The number of benzene rings is 1. The van der Waals surface area contributed by atoms with Gasteiger partial charge in [0.1, 0.15) is 0 Å². The monoisotopic (exact) mass is 253 g/mol. The molecule has 0 aromatic heterocycles. The molecule has 0 radical (unpaired) electrons. The second kappa shape index (κ2) is 6.03. The Bertz CT molecular complexity index is 389. The smallest absolute Gasteiger partial charge is 0.224 e. The van der Waals surface area contributed by atoms with Crippen molar-refractivity contribution in [2.24, 2.45) is 0 Å². The first-order chi connectivity index (χ1) is 8.24. The topological polar surface area (TPSA) is 38.3 Å². The van der Waals surface area contributed by atoms with E-state index in [1.165, 1.54) is 0 Å². The molecule has 3 nitrogen and oxygen atoms in total. The van der Waals surface area contributed by atoms with Crippen LogP contribution >= 0.6 is 11.6 Å². The van der Waals surface area contributed by atoms with Crippen LogP contribution in [0.5, 0.6) is 0 Å². The molecule has 1 aromatic rings. The Morgan fingerprint density at radius 1 is 1.53 bits per heavy atom. The fourth-order valence-electron chi connectivity index (χ4n) is 1.95. The lowest BCUT2D eigenvalue weighted by molar-refractivity contribution is -0.116. The van der Waals surface area contributed by atoms with Crippen LogP contribution in [0.1, 0.15) is 25.7 Å². The first-order valence-electron chi connectivity index (χ1n) is 5.91. The molecule has 0 unspecified atom stereocenters. The Morgan fingerprint density at radius 3 is 3.12 bits per heavy atom. The van der Waals surface area contributed by atoms with Crippen LogP contribution in [0.25, 0.3) is 0 Å². The Kier molecular flexibility index (Phi) is 4.40. The molecule has 0 aliphatic carbocycles. The van der Waals surface area contributed by atoms with Crippen molar-refractivity contribution < 1.29 is 9.53 Å². The first kappa shape index (κ1) is 12.4. The van der Waals surface area contributed by atoms with Crippen molar-refractivity contribution in [1.29, 1.82) is 0 Å². The summed E-state index contributed by atoms with van der Waals surface area (Å²) in [5.74, 6) is 0.0165. The second-order valence-corrected chi connectivity index (χ2v) is 4.67. The van der Waals surface area contributed by atoms with E-state index in [0.717, 1.165) is 31.6 Å². The van der Waals surface area contributed by atoms with Crippen molar-refractivity contribution in [2.75, 3.05) is 11.9 Å². The molecule has 0 bridgehead atoms. The van der Waals surface area contributed by atoms with E-state index < -0.39 is 0 Å². The minimum Gasteiger partial charge on any atom is -0.378 e. The molecule has 0 saturated carbocycles. The minimum absolute atomic E-state index is 0.0165. The SMILES string of the molecule is O=C(CC[C@@H]1CCCO1)Nc1cccc(Cl)c1. The molecule has 1 fully saturated rings. The van der Waals surface area contributed by atoms with Crippen molar-refractivity contribution in [3.63, 3.8) is 0 Å². The number of ether oxygens (including phenoxy) is 1. The Morgan fingerprint density at radius 2 is 2.41 bits per heavy atom. The maximum atomic E-state index is 11.7. The highest BCUT2D eigenvalue weighted by molar-refractivity contribution is 6.30. The normalized spacial score (nSPS) is 19.2. The van der Waals surface area contributed by atoms with E-state index in [9.17, 15) is 4.79 Å². The van der Waals surface area contributed by atoms with Gasteiger partial charge >= 0.3 is 0 Å². The van der Waals surface area contributed by atoms with E-state index in [0.29, 0.717) is 11.4 Å². The summed E-state index contributed by atoms with van der Waals surface area (Å²) in [4.78, 5) is 11.7. The molecule has 17 heavy (non-hydrogen) atoms. The van der Waals surface area contributed by atoms with Gasteiger partial charge in [0, 0.05) is 23.7 Å². The molecule has 1 aliphatic heterocycles. The lowest BCUT2D eigenvalue weighted by atomic mass is 10.1. The van der Waals surface area contributed by atoms with E-state index in [2.05, 4.69) is 5.32 Å². The van der Waals surface area contributed by atoms with Crippen LogP contribution in [-0.4, -0.2) is 18.6 Å². The molecule has 1 atom stereocenters. The fraction of sp³-hybridized carbons (Fsp3) is 0.462. The summed E-state index contributed by atoms with van der Waals surface area (Å²) in [5.41, 5.74) is 0.745. The summed E-state index contributed by atoms with van der Waals surface area (Å²) >= 11 is 5.84. The number of nitrogens with one attached hydrogen (secondary N) is 1. The van der Waals surface area contributed by atoms with Crippen LogP contribution in [0, 0.1) is 0 Å². The quantitative estimate of drug-likeness (QED) is 0.895. The maximum Gasteiger partial charge on any atom is 0.224 e. The Balaban J connectivity index is 1.76. The van der Waals surface area contributed by atoms with Gasteiger partial charge in [0.2, 0.25) is 5.91 Å². The average molecular weight is 254 g/mol. The molecular weight excluding hydrogens is 238 g/mol. The highest BCUT2D eigenvalue weighted by atomic mass is 35.5. The summed E-state index contributed by atoms with van der Waals surface area (Å²) in [6.07, 6.45) is 3.74. The zero-order valence-corrected chi connectivity index (χ0v) is 10.4. The molecule has 92 valence electrons. The number of halogens is 1. The van der Waals surface area contributed by atoms with Gasteiger partial charge in [-0.25, -0.2) is 0 Å². The zero-order valence-electron chi connectivity index (χ0n) is 9.62. The lowest BCUT2D eigenvalue weighted by Crippen LogP contribution is -2.15. The van der Waals surface area contributed by atoms with Gasteiger partial charge in [-0.15, -0.1) is 0 Å². The van der Waals surface area contributed by atoms with Gasteiger partial charge in [-0.3, -0.25) is 4.79 Å². The number of anilines is 1. The van der Waals surface area contributed by atoms with E-state index in [1.54, 1.807) is 12.1 Å². The van der Waals surface area contributed by atoms with Crippen LogP contribution < -0.4 is 5.32 Å². The number of carbonyl (C=O) groups is 1. The van der Waals surface area contributed by atoms with Gasteiger partial charge in [-0.05, 0) is 37.5 Å². The number of rotatable bonds is 4. The van der Waals surface area contributed by atoms with E-state index >= 15 is 0 Å². The van der Waals surface area contributed by atoms with Crippen molar-refractivity contribution in [3.8, 4) is 0 Å². The van der Waals surface area contributed by atoms with Crippen molar-refractivity contribution >= 4 is 23.2 Å². The van der Waals surface area contributed by atoms with Crippen molar-refractivity contribution in [3.05, 3.63) is 29.3 Å². The molecule has 1 amide bonds. The zero-order chi connectivity index (χ0) is 12.1. The third kappa shape index (κ3) is 4.02. The third-order valence-electron chi connectivity index (χ3n) is 2.83. The summed E-state index contributed by atoms with van der Waals surface area (Å²) in [7, 11) is 0. The van der Waals surface area contributed by atoms with Gasteiger partial charge in [-0.2, -0.15) is 0 Å². The number of hydrogen-bond acceptors (Lipinski definition) is 2. The van der Waals surface area contributed by atoms with Crippen LogP contribution in [0.4, 0.5) is 5.69 Å². The minimum atomic E-state index is 0.0165. The molecule has 1 aliphatic rings. The summed E-state index contributed by atoms with van der Waals surface area (Å²) in [6.45, 7) is 0.834. The standard InChI is InChI=1S/C13H16ClNO2/c14-10-3-1-4-11(9-10)15-13(16)7-6-12-5-2-8-17-12/h1,3-4,9,12H,2,5-8H2,(H,15,16)/t12-/m0/s1. The summed E-state index contributed by atoms with van der Waals surface area (Å²) < 4.78 is 5.47. The predicted octanol–water partition coefficient (Wildman–Crippen LogP) is 3.24. The molecule has 1 N–H and O–H groups in total. The number of hydrogen-bond donors (Lipinski definition) is 1. The van der Waals surface area contributed by atoms with Gasteiger partial charge in [-0.1, -0.05) is 17.7 Å². The summed E-state index contributed by atoms with van der Waals surface area (Å²) in [5, 5.41) is 3.45. The van der Waals surface area contributed by atoms with Crippen LogP contribution in [-0.2, 0) is 9.53 Å². The maximum absolute atomic E-state index is 11.7. The lowest BCUT2D eigenvalue weighted by Gasteiger charge is -2.09. The molecule has 2 rings (SSSR count). The van der Waals surface area contributed by atoms with Crippen molar-refractivity contribution in [2.45, 2.75) is 31.8 Å². The van der Waals surface area contributed by atoms with E-state index in [-0.39, 0.29) is 12.0 Å². The number of amides is 1. The largest absolute Gasteiger partial charge is 0.378 e. The predicted molar refractivity (Wildman–Crippen MR) is 68.3 cm³/mol. The molecule has 0 spiro atoms. The Hall–Kier alpha value is -1.06. The molecule has 4 heteroatoms. The molecule has 1 aromatic carbocycles. The molecule has 1 saturated heterocycles. The molecular formula is C13H16ClNO2. The van der Waals surface area contributed by atoms with Gasteiger partial charge < -0.3 is 10.1 Å². The summed E-state index contributed by atoms with van der Waals surface area (Å²) in [6, 6.07) is 7.17. The van der Waals surface area contributed by atoms with Crippen LogP contribution in [0.3, 0.4) is 0 Å². The van der Waals surface area contributed by atoms with Gasteiger partial charge in [0.25, 0.3) is 0 Å². The highest BCUT2D eigenvalue weighted by Gasteiger charge is 2.16. The Labute approximate surface area is 106 Å². The average Bonchev–Trinajstić information content (AvgIpc) is 2.79. The van der Waals surface area contributed by atoms with Crippen LogP contribution in [0.2, 0.25) is 5.02 Å². The second-order valence-electron chi connectivity index (χ2n) is 4.23. The fourth-order valence-corrected chi connectivity index (χ4v) is 2.14. The van der Waals surface area contributed by atoms with E-state index in [4.69, 9.17) is 16.3 Å². The van der Waals surface area contributed by atoms with Gasteiger partial charge in [0.05, 0.1) is 6.10 Å². The van der Waals surface area contributed by atoms with Crippen molar-refractivity contribution in [1.82, 2.24) is 0 Å². The third-order valence-corrected chi connectivity index (χ3v) is 3.06. The first-order valence-corrected chi connectivity index (χ1v) is 6.29.